The molecule has 1 aliphatic heterocycles. The number of aliphatic hydroxyl groups excluding tert-OH is 1. The zero-order valence-corrected chi connectivity index (χ0v) is 15.2. The Labute approximate surface area is 145 Å². The summed E-state index contributed by atoms with van der Waals surface area (Å²) in [7, 11) is 2.08. The van der Waals surface area contributed by atoms with E-state index < -0.39 is 24.1 Å². The van der Waals surface area contributed by atoms with Crippen LogP contribution in [0.25, 0.3) is 5.73 Å². The van der Waals surface area contributed by atoms with Crippen molar-refractivity contribution in [2.24, 2.45) is 0 Å². The molecule has 0 aromatic carbocycles. The van der Waals surface area contributed by atoms with Crippen LogP contribution in [0.4, 0.5) is 5.82 Å². The van der Waals surface area contributed by atoms with Crippen molar-refractivity contribution in [3.63, 3.8) is 0 Å². The van der Waals surface area contributed by atoms with E-state index in [2.05, 4.69) is 21.4 Å². The van der Waals surface area contributed by atoms with Gasteiger partial charge in [-0.15, -0.1) is 0 Å². The maximum absolute atomic E-state index is 11.5. The van der Waals surface area contributed by atoms with Crippen LogP contribution in [0, 0.1) is 6.92 Å². The SMILES string of the molecule is [CH2-]C.[NH-]c1ccn([C@H]2C[C@@H](O)[C@@H](COP)O2)c(=O)n1.[Y]. The molecule has 1 aromatic rings. The zero-order chi connectivity index (χ0) is 14.4. The molecule has 2 heterocycles. The molecule has 0 aliphatic carbocycles. The third-order valence-corrected chi connectivity index (χ3v) is 2.80. The van der Waals surface area contributed by atoms with E-state index >= 15 is 0 Å². The topological polar surface area (TPSA) is 97.4 Å². The van der Waals surface area contributed by atoms with Gasteiger partial charge in [-0.2, -0.15) is 6.92 Å². The minimum absolute atomic E-state index is 0. The standard InChI is InChI=1S/C9H14N3O4P.C2H5.Y/c10-7-1-2-12(9(14)11-7)8-3-5(13)6(16-8)4-15-17;1-2;/h1-2,5-6,8,13H,3-4,17H2,(H2,10,11,14);1H2,2H3;/q;-1;/p-1/t5-,6-,8-;;/m1../s1. The number of nitrogens with one attached hydrogen (secondary N) is 1. The van der Waals surface area contributed by atoms with Crippen LogP contribution in [0.3, 0.4) is 0 Å². The molecule has 1 unspecified atom stereocenters. The van der Waals surface area contributed by atoms with Gasteiger partial charge in [0.15, 0.2) is 0 Å². The molecular weight excluding hydrogens is 358 g/mol. The van der Waals surface area contributed by atoms with Crippen LogP contribution in [0.1, 0.15) is 19.6 Å². The van der Waals surface area contributed by atoms with Crippen LogP contribution < -0.4 is 5.69 Å². The summed E-state index contributed by atoms with van der Waals surface area (Å²) in [5.41, 5.74) is 6.66. The Morgan fingerprint density at radius 1 is 1.70 bits per heavy atom. The number of nitrogens with zero attached hydrogens (tertiary/aromatic N) is 2. The van der Waals surface area contributed by atoms with Gasteiger partial charge in [0, 0.05) is 54.8 Å². The monoisotopic (exact) mass is 376 g/mol. The maximum Gasteiger partial charge on any atom is 0.248 e. The van der Waals surface area contributed by atoms with E-state index in [1.165, 1.54) is 16.8 Å². The van der Waals surface area contributed by atoms with Crippen molar-refractivity contribution in [3.05, 3.63) is 35.4 Å². The third-order valence-electron chi connectivity index (χ3n) is 2.60. The molecule has 9 heteroatoms. The fourth-order valence-electron chi connectivity index (χ4n) is 1.76. The van der Waals surface area contributed by atoms with Crippen LogP contribution in [0.15, 0.2) is 17.1 Å². The van der Waals surface area contributed by atoms with Gasteiger partial charge in [0.25, 0.3) is 0 Å². The van der Waals surface area contributed by atoms with Crippen molar-refractivity contribution in [2.75, 3.05) is 6.61 Å². The first-order chi connectivity index (χ1) is 9.11. The van der Waals surface area contributed by atoms with Crippen LogP contribution >= 0.6 is 9.47 Å². The van der Waals surface area contributed by atoms with Crippen molar-refractivity contribution in [1.82, 2.24) is 9.55 Å². The van der Waals surface area contributed by atoms with E-state index in [-0.39, 0.29) is 45.1 Å². The Morgan fingerprint density at radius 2 is 2.35 bits per heavy atom. The summed E-state index contributed by atoms with van der Waals surface area (Å²) in [5.74, 6) is -0.0883. The van der Waals surface area contributed by atoms with Crippen LogP contribution in [-0.2, 0) is 42.0 Å². The van der Waals surface area contributed by atoms with Crippen molar-refractivity contribution >= 4 is 15.3 Å². The fraction of sp³-hybridized carbons (Fsp3) is 0.545. The van der Waals surface area contributed by atoms with Crippen LogP contribution in [0.2, 0.25) is 0 Å². The first kappa shape index (κ1) is 20.1. The second-order valence-corrected chi connectivity index (χ2v) is 4.10. The van der Waals surface area contributed by atoms with E-state index in [1.54, 1.807) is 6.92 Å². The molecule has 1 saturated heterocycles. The normalized spacial score (nSPS) is 24.5. The second-order valence-electron chi connectivity index (χ2n) is 3.77. The van der Waals surface area contributed by atoms with E-state index in [1.807, 2.05) is 0 Å². The van der Waals surface area contributed by atoms with Gasteiger partial charge in [-0.3, -0.25) is 9.36 Å². The number of ether oxygens (including phenoxy) is 1. The summed E-state index contributed by atoms with van der Waals surface area (Å²) in [6.07, 6.45) is 0.0512. The smallest absolute Gasteiger partial charge is 0.248 e. The number of hydrogen-bond acceptors (Lipinski definition) is 5. The largest absolute Gasteiger partial charge is 0.482 e. The van der Waals surface area contributed by atoms with E-state index in [0.717, 1.165) is 0 Å². The Morgan fingerprint density at radius 3 is 2.90 bits per heavy atom. The molecule has 20 heavy (non-hydrogen) atoms. The van der Waals surface area contributed by atoms with E-state index in [9.17, 15) is 9.90 Å². The van der Waals surface area contributed by atoms with Gasteiger partial charge >= 0.3 is 0 Å². The maximum atomic E-state index is 11.5. The Hall–Kier alpha value is 0.0939. The molecule has 111 valence electrons. The summed E-state index contributed by atoms with van der Waals surface area (Å²) in [6, 6.07) is 1.40. The van der Waals surface area contributed by atoms with Crippen molar-refractivity contribution < 1.29 is 47.1 Å². The minimum atomic E-state index is -0.678. The number of aliphatic hydroxyl groups is 1. The molecule has 1 aliphatic rings. The van der Waals surface area contributed by atoms with Crippen molar-refractivity contribution in [2.45, 2.75) is 31.8 Å². The van der Waals surface area contributed by atoms with Gasteiger partial charge in [-0.05, 0) is 6.07 Å². The molecule has 0 amide bonds. The van der Waals surface area contributed by atoms with Crippen LogP contribution in [0.5, 0.6) is 0 Å². The number of aromatic nitrogens is 2. The molecule has 2 rings (SSSR count). The molecular formula is C11H18N3O4PY-2. The average molecular weight is 376 g/mol. The molecule has 4 atom stereocenters. The van der Waals surface area contributed by atoms with Crippen molar-refractivity contribution in [1.29, 1.82) is 0 Å². The first-order valence-corrected chi connectivity index (χ1v) is 6.25. The number of hydrogen-bond donors (Lipinski definition) is 1. The van der Waals surface area contributed by atoms with Gasteiger partial charge in [-0.1, -0.05) is 5.82 Å². The third kappa shape index (κ3) is 5.13. The number of rotatable bonds is 3. The van der Waals surface area contributed by atoms with Crippen LogP contribution in [-0.4, -0.2) is 33.5 Å². The first-order valence-electron chi connectivity index (χ1n) is 5.78. The minimum Gasteiger partial charge on any atom is -0.482 e. The fourth-order valence-corrected chi connectivity index (χ4v) is 1.95. The van der Waals surface area contributed by atoms with E-state index in [0.29, 0.717) is 6.42 Å². The predicted molar refractivity (Wildman–Crippen MR) is 73.7 cm³/mol. The second kappa shape index (κ2) is 9.93. The van der Waals surface area contributed by atoms with E-state index in [4.69, 9.17) is 15.0 Å². The Balaban J connectivity index is 0.00000115. The van der Waals surface area contributed by atoms with Gasteiger partial charge in [0.1, 0.15) is 12.3 Å². The zero-order valence-electron chi connectivity index (χ0n) is 11.2. The summed E-state index contributed by atoms with van der Waals surface area (Å²) in [5, 5.41) is 9.71. The van der Waals surface area contributed by atoms with Gasteiger partial charge in [0.2, 0.25) is 5.69 Å². The van der Waals surface area contributed by atoms with Gasteiger partial charge in [-0.25, -0.2) is 0 Å². The molecule has 1 fully saturated rings. The molecule has 7 nitrogen and oxygen atoms in total. The molecule has 1 aromatic heterocycles. The van der Waals surface area contributed by atoms with Gasteiger partial charge in [0.05, 0.1) is 12.7 Å². The van der Waals surface area contributed by atoms with Gasteiger partial charge < -0.3 is 32.0 Å². The molecule has 1 radical (unpaired) electrons. The summed E-state index contributed by atoms with van der Waals surface area (Å²) in [4.78, 5) is 15.0. The Kier molecular flexibility index (Phi) is 9.97. The average Bonchev–Trinajstić information content (AvgIpc) is 2.74. The predicted octanol–water partition coefficient (Wildman–Crippen LogP) is 1.22. The molecule has 0 saturated carbocycles. The summed E-state index contributed by atoms with van der Waals surface area (Å²) < 4.78 is 11.6. The molecule has 0 bridgehead atoms. The quantitative estimate of drug-likeness (QED) is 0.632. The van der Waals surface area contributed by atoms with Crippen molar-refractivity contribution in [3.8, 4) is 0 Å². The summed E-state index contributed by atoms with van der Waals surface area (Å²) >= 11 is 0. The molecule has 0 spiro atoms. The summed E-state index contributed by atoms with van der Waals surface area (Å²) in [6.45, 7) is 5.24. The molecule has 2 N–H and O–H groups in total. The Bertz CT molecular complexity index is 460.